The summed E-state index contributed by atoms with van der Waals surface area (Å²) in [5.74, 6) is 0. The fourth-order valence-electron chi connectivity index (χ4n) is 0.170. The van der Waals surface area contributed by atoms with Crippen LogP contribution >= 0.6 is 29.1 Å². The first-order valence-corrected chi connectivity index (χ1v) is 11.4. The Morgan fingerprint density at radius 1 is 0.800 bits per heavy atom. The zero-order valence-electron chi connectivity index (χ0n) is 7.15. The minimum atomic E-state index is -5.91. The molecule has 0 spiro atoms. The molecule has 0 bridgehead atoms. The van der Waals surface area contributed by atoms with Gasteiger partial charge < -0.3 is 0 Å². The van der Waals surface area contributed by atoms with Crippen molar-refractivity contribution in [2.45, 2.75) is 0 Å². The first kappa shape index (κ1) is 17.0. The Kier molecular flexibility index (Phi) is 7.90. The van der Waals surface area contributed by atoms with E-state index in [9.17, 15) is 24.0 Å². The third-order valence-electron chi connectivity index (χ3n) is 0.833. The molecule has 0 heterocycles. The summed E-state index contributed by atoms with van der Waals surface area (Å²) in [7, 11) is 0. The summed E-state index contributed by atoms with van der Waals surface area (Å²) in [6.07, 6.45) is 0. The zero-order chi connectivity index (χ0) is 12.6. The third-order valence-corrected chi connectivity index (χ3v) is 4.93. The second kappa shape index (κ2) is 6.97. The number of hydrogen-bond acceptors (Lipinski definition) is 5. The van der Waals surface area contributed by atoms with Gasteiger partial charge in [-0.2, -0.15) is 0 Å². The van der Waals surface area contributed by atoms with Gasteiger partial charge in [0.2, 0.25) is 0 Å². The van der Waals surface area contributed by atoms with E-state index in [1.165, 1.54) is 0 Å². The van der Waals surface area contributed by atoms with Crippen molar-refractivity contribution in [1.29, 1.82) is 0 Å². The maximum absolute atomic E-state index is 9.98. The van der Waals surface area contributed by atoms with Crippen molar-refractivity contribution >= 4 is 50.4 Å². The van der Waals surface area contributed by atoms with Gasteiger partial charge in [0.05, 0.1) is 6.63 Å². The van der Waals surface area contributed by atoms with Crippen molar-refractivity contribution in [3.63, 3.8) is 0 Å². The van der Waals surface area contributed by atoms with E-state index in [0.717, 1.165) is 21.3 Å². The Balaban J connectivity index is 0. The molecule has 0 N–H and O–H groups in total. The number of hydrogen-bond donors (Lipinski definition) is 0. The molecule has 15 heavy (non-hydrogen) atoms. The van der Waals surface area contributed by atoms with Crippen molar-refractivity contribution in [3.8, 4) is 0 Å². The molecule has 0 aliphatic carbocycles. The summed E-state index contributed by atoms with van der Waals surface area (Å²) in [4.78, 5) is 49.9. The summed E-state index contributed by atoms with van der Waals surface area (Å²) in [5.41, 5.74) is 0. The Morgan fingerprint density at radius 2 is 0.933 bits per heavy atom. The number of carbonyl (C=O) groups excluding carboxylic acids is 5. The van der Waals surface area contributed by atoms with Gasteiger partial charge in [-0.25, -0.2) is 0 Å². The average Bonchev–Trinajstić information content (AvgIpc) is 2.23. The molecule has 0 saturated carbocycles. The summed E-state index contributed by atoms with van der Waals surface area (Å²) in [5, 5.41) is 0. The fraction of sp³-hybridized carbons (Fsp3) is 0.167. The molecule has 0 unspecified atom stereocenters. The average molecular weight is 353 g/mol. The van der Waals surface area contributed by atoms with Gasteiger partial charge in [0.1, 0.15) is 0 Å². The van der Waals surface area contributed by atoms with E-state index < -0.39 is 19.1 Å². The van der Waals surface area contributed by atoms with Crippen molar-refractivity contribution in [3.05, 3.63) is 0 Å². The van der Waals surface area contributed by atoms with Gasteiger partial charge in [-0.15, -0.1) is 0 Å². The molecule has 0 fully saturated rings. The van der Waals surface area contributed by atoms with Crippen LogP contribution in [-0.4, -0.2) is 28.0 Å². The molecule has 0 aromatic carbocycles. The molecule has 0 radical (unpaired) electrons. The molecule has 9 heteroatoms. The molecule has 0 aliphatic heterocycles. The Morgan fingerprint density at radius 3 is 0.933 bits per heavy atom. The van der Waals surface area contributed by atoms with Gasteiger partial charge in [0.25, 0.3) is 0 Å². The van der Waals surface area contributed by atoms with Gasteiger partial charge in [-0.3, -0.25) is 0 Å². The zero-order valence-corrected chi connectivity index (χ0v) is 11.6. The molecule has 0 aromatic rings. The molecule has 0 aromatic heterocycles. The summed E-state index contributed by atoms with van der Waals surface area (Å²) >= 11 is 4.30. The van der Waals surface area contributed by atoms with E-state index in [4.69, 9.17) is 22.5 Å². The van der Waals surface area contributed by atoms with Gasteiger partial charge in [-0.1, -0.05) is 22.5 Å². The van der Waals surface area contributed by atoms with E-state index in [1.54, 1.807) is 6.66 Å². The molecule has 0 rings (SSSR count). The van der Waals surface area contributed by atoms with Crippen LogP contribution in [0.2, 0.25) is 0 Å². The van der Waals surface area contributed by atoms with E-state index in [2.05, 4.69) is 0 Å². The van der Waals surface area contributed by atoms with Crippen molar-refractivity contribution in [2.75, 3.05) is 6.66 Å². The molecule has 0 saturated heterocycles. The van der Waals surface area contributed by atoms with Crippen LogP contribution in [0.5, 0.6) is 0 Å². The molecule has 5 nitrogen and oxygen atoms in total. The third kappa shape index (κ3) is 4.76. The molecular formula is C6H3Cl2MoO5P. The topological polar surface area (TPSA) is 85.3 Å². The number of rotatable bonds is 0. The standard InChI is InChI=1S/CH3Cl2P.5CO.Mo/c1-4(2)3;5*1-2;/h1H3;;;;;;. The van der Waals surface area contributed by atoms with Crippen LogP contribution in [0.3, 0.4) is 0 Å². The van der Waals surface area contributed by atoms with E-state index in [0.29, 0.717) is 0 Å². The monoisotopic (exact) mass is 354 g/mol. The molecular weight excluding hydrogens is 350 g/mol. The van der Waals surface area contributed by atoms with E-state index >= 15 is 0 Å². The van der Waals surface area contributed by atoms with Crippen molar-refractivity contribution in [2.24, 2.45) is 0 Å². The summed E-state index contributed by atoms with van der Waals surface area (Å²) in [6, 6.07) is 0. The Bertz CT molecular complexity index is 606. The van der Waals surface area contributed by atoms with Gasteiger partial charge in [0, 0.05) is 0 Å². The second-order valence-corrected chi connectivity index (χ2v) is 13.3. The SMILES string of the molecule is CP(Cl)Cl.O=[C]=[Mo](=[C]=O)(=[C]=O)(=[C]=O)=[C]=O. The van der Waals surface area contributed by atoms with Crippen LogP contribution in [0.1, 0.15) is 0 Å². The van der Waals surface area contributed by atoms with E-state index in [1.807, 2.05) is 0 Å². The van der Waals surface area contributed by atoms with Crippen LogP contribution in [0.25, 0.3) is 0 Å². The summed E-state index contributed by atoms with van der Waals surface area (Å²) in [6.45, 7) is 1.09. The Labute approximate surface area is 93.3 Å². The van der Waals surface area contributed by atoms with Crippen LogP contribution in [0, 0.1) is 0 Å². The van der Waals surface area contributed by atoms with Gasteiger partial charge >= 0.3 is 57.8 Å². The second-order valence-electron chi connectivity index (χ2n) is 1.84. The molecule has 0 aliphatic rings. The summed E-state index contributed by atoms with van der Waals surface area (Å²) < 4.78 is 3.89. The predicted octanol–water partition coefficient (Wildman–Crippen LogP) is 0.418. The molecule has 0 amide bonds. The quantitative estimate of drug-likeness (QED) is 0.466. The van der Waals surface area contributed by atoms with Crippen molar-refractivity contribution in [1.82, 2.24) is 0 Å². The normalized spacial score (nSPS) is 7.73. The number of halogens is 2. The first-order chi connectivity index (χ1) is 6.85. The molecule has 0 atom stereocenters. The van der Waals surface area contributed by atoms with Gasteiger partial charge in [0.15, 0.2) is 0 Å². The predicted molar refractivity (Wildman–Crippen MR) is 53.0 cm³/mol. The maximum atomic E-state index is 9.98. The van der Waals surface area contributed by atoms with Crippen LogP contribution in [-0.2, 0) is 36.5 Å². The van der Waals surface area contributed by atoms with Crippen LogP contribution < -0.4 is 0 Å². The van der Waals surface area contributed by atoms with E-state index in [-0.39, 0.29) is 0 Å². The minimum absolute atomic E-state index is 0.676. The van der Waals surface area contributed by atoms with Crippen molar-refractivity contribution < 1.29 is 36.5 Å². The Hall–Kier alpha value is -0.402. The molecule has 82 valence electrons. The fourth-order valence-corrected chi connectivity index (χ4v) is 1.01. The van der Waals surface area contributed by atoms with Gasteiger partial charge in [-0.05, 0) is 6.66 Å². The van der Waals surface area contributed by atoms with Crippen LogP contribution in [0.4, 0.5) is 0 Å². The van der Waals surface area contributed by atoms with Crippen LogP contribution in [0.15, 0.2) is 0 Å². The first-order valence-electron chi connectivity index (χ1n) is 2.83.